The van der Waals surface area contributed by atoms with Gasteiger partial charge in [-0.3, -0.25) is 9.69 Å². The Kier molecular flexibility index (Phi) is 5.09. The highest BCUT2D eigenvalue weighted by molar-refractivity contribution is 9.10. The molecular weight excluding hydrogens is 394 g/mol. The molecule has 0 bridgehead atoms. The summed E-state index contributed by atoms with van der Waals surface area (Å²) in [7, 11) is 1.32. The SMILES string of the molecule is COC(=O)C1=C(C)N(c2ccc(C)cc2)C(=O)/C1=C\c1cccc(Br)c1. The zero-order valence-corrected chi connectivity index (χ0v) is 16.3. The first-order chi connectivity index (χ1) is 12.4. The van der Waals surface area contributed by atoms with Crippen molar-refractivity contribution < 1.29 is 14.3 Å². The highest BCUT2D eigenvalue weighted by atomic mass is 79.9. The quantitative estimate of drug-likeness (QED) is 0.546. The number of nitrogens with zero attached hydrogens (tertiary/aromatic N) is 1. The molecule has 0 unspecified atom stereocenters. The number of rotatable bonds is 3. The van der Waals surface area contributed by atoms with Crippen LogP contribution in [0.4, 0.5) is 5.69 Å². The number of hydrogen-bond acceptors (Lipinski definition) is 3. The monoisotopic (exact) mass is 411 g/mol. The second-order valence-corrected chi connectivity index (χ2v) is 6.96. The Labute approximate surface area is 160 Å². The van der Waals surface area contributed by atoms with Crippen molar-refractivity contribution in [3.63, 3.8) is 0 Å². The summed E-state index contributed by atoms with van der Waals surface area (Å²) in [5, 5.41) is 0. The zero-order valence-electron chi connectivity index (χ0n) is 14.7. The third-order valence-electron chi connectivity index (χ3n) is 4.24. The molecule has 1 aliphatic rings. The van der Waals surface area contributed by atoms with E-state index in [1.807, 2.05) is 55.5 Å². The molecule has 0 saturated carbocycles. The minimum absolute atomic E-state index is 0.244. The molecule has 0 aliphatic carbocycles. The number of esters is 1. The van der Waals surface area contributed by atoms with Crippen molar-refractivity contribution in [2.24, 2.45) is 0 Å². The van der Waals surface area contributed by atoms with E-state index in [1.54, 1.807) is 17.9 Å². The van der Waals surface area contributed by atoms with Gasteiger partial charge in [-0.05, 0) is 49.8 Å². The van der Waals surface area contributed by atoms with E-state index in [9.17, 15) is 9.59 Å². The number of aryl methyl sites for hydroxylation is 1. The van der Waals surface area contributed by atoms with Crippen LogP contribution >= 0.6 is 15.9 Å². The predicted octanol–water partition coefficient (Wildman–Crippen LogP) is 4.63. The molecule has 0 saturated heterocycles. The third kappa shape index (κ3) is 3.35. The number of allylic oxidation sites excluding steroid dienone is 1. The molecule has 1 heterocycles. The van der Waals surface area contributed by atoms with Crippen LogP contribution in [0.15, 0.2) is 69.8 Å². The molecule has 3 rings (SSSR count). The molecule has 0 N–H and O–H groups in total. The molecule has 5 heteroatoms. The lowest BCUT2D eigenvalue weighted by Crippen LogP contribution is -2.24. The summed E-state index contributed by atoms with van der Waals surface area (Å²) in [4.78, 5) is 27.0. The van der Waals surface area contributed by atoms with Gasteiger partial charge in [0, 0.05) is 15.9 Å². The van der Waals surface area contributed by atoms with Crippen LogP contribution in [0.3, 0.4) is 0 Å². The summed E-state index contributed by atoms with van der Waals surface area (Å²) in [5.41, 5.74) is 3.82. The predicted molar refractivity (Wildman–Crippen MR) is 106 cm³/mol. The first kappa shape index (κ1) is 18.1. The van der Waals surface area contributed by atoms with Gasteiger partial charge in [-0.25, -0.2) is 4.79 Å². The molecule has 26 heavy (non-hydrogen) atoms. The summed E-state index contributed by atoms with van der Waals surface area (Å²) in [6.45, 7) is 3.74. The van der Waals surface area contributed by atoms with Gasteiger partial charge in [0.15, 0.2) is 0 Å². The van der Waals surface area contributed by atoms with E-state index >= 15 is 0 Å². The number of ether oxygens (including phenoxy) is 1. The second-order valence-electron chi connectivity index (χ2n) is 6.04. The van der Waals surface area contributed by atoms with Crippen molar-refractivity contribution in [2.75, 3.05) is 12.0 Å². The molecule has 0 aromatic heterocycles. The van der Waals surface area contributed by atoms with E-state index in [2.05, 4.69) is 15.9 Å². The number of halogens is 1. The lowest BCUT2D eigenvalue weighted by molar-refractivity contribution is -0.136. The fourth-order valence-electron chi connectivity index (χ4n) is 2.95. The van der Waals surface area contributed by atoms with Gasteiger partial charge >= 0.3 is 5.97 Å². The largest absolute Gasteiger partial charge is 0.465 e. The Bertz CT molecular complexity index is 942. The second kappa shape index (κ2) is 7.30. The maximum Gasteiger partial charge on any atom is 0.340 e. The van der Waals surface area contributed by atoms with Gasteiger partial charge in [0.05, 0.1) is 18.3 Å². The molecule has 0 radical (unpaired) electrons. The van der Waals surface area contributed by atoms with Crippen LogP contribution in [0.2, 0.25) is 0 Å². The van der Waals surface area contributed by atoms with Gasteiger partial charge in [-0.15, -0.1) is 0 Å². The summed E-state index contributed by atoms with van der Waals surface area (Å²) < 4.78 is 5.82. The Morgan fingerprint density at radius 2 is 1.81 bits per heavy atom. The average Bonchev–Trinajstić information content (AvgIpc) is 2.86. The maximum atomic E-state index is 13.1. The van der Waals surface area contributed by atoms with E-state index in [-0.39, 0.29) is 11.5 Å². The number of anilines is 1. The Morgan fingerprint density at radius 3 is 2.42 bits per heavy atom. The molecule has 0 fully saturated rings. The van der Waals surface area contributed by atoms with Crippen LogP contribution in [-0.2, 0) is 14.3 Å². The van der Waals surface area contributed by atoms with Crippen molar-refractivity contribution in [1.82, 2.24) is 0 Å². The molecule has 0 atom stereocenters. The topological polar surface area (TPSA) is 46.6 Å². The van der Waals surface area contributed by atoms with Gasteiger partial charge in [0.25, 0.3) is 5.91 Å². The fraction of sp³-hybridized carbons (Fsp3) is 0.143. The van der Waals surface area contributed by atoms with E-state index in [4.69, 9.17) is 4.74 Å². The van der Waals surface area contributed by atoms with Crippen LogP contribution in [-0.4, -0.2) is 19.0 Å². The normalized spacial score (nSPS) is 15.8. The smallest absolute Gasteiger partial charge is 0.340 e. The molecule has 4 nitrogen and oxygen atoms in total. The van der Waals surface area contributed by atoms with E-state index in [1.165, 1.54) is 7.11 Å². The zero-order chi connectivity index (χ0) is 18.8. The maximum absolute atomic E-state index is 13.1. The number of amides is 1. The summed E-state index contributed by atoms with van der Waals surface area (Å²) in [5.74, 6) is -0.765. The number of hydrogen-bond donors (Lipinski definition) is 0. The van der Waals surface area contributed by atoms with E-state index in [0.717, 1.165) is 21.3 Å². The number of benzene rings is 2. The van der Waals surface area contributed by atoms with Crippen LogP contribution in [0.25, 0.3) is 6.08 Å². The van der Waals surface area contributed by atoms with Crippen LogP contribution in [0, 0.1) is 6.92 Å². The lowest BCUT2D eigenvalue weighted by Gasteiger charge is -2.18. The highest BCUT2D eigenvalue weighted by Crippen LogP contribution is 2.35. The summed E-state index contributed by atoms with van der Waals surface area (Å²) in [6.07, 6.45) is 1.72. The first-order valence-electron chi connectivity index (χ1n) is 8.10. The van der Waals surface area contributed by atoms with Gasteiger partial charge in [0.1, 0.15) is 0 Å². The van der Waals surface area contributed by atoms with Crippen molar-refractivity contribution in [3.8, 4) is 0 Å². The van der Waals surface area contributed by atoms with Gasteiger partial charge in [-0.2, -0.15) is 0 Å². The van der Waals surface area contributed by atoms with E-state index < -0.39 is 5.97 Å². The lowest BCUT2D eigenvalue weighted by atomic mass is 10.0. The van der Waals surface area contributed by atoms with Crippen LogP contribution in [0.1, 0.15) is 18.1 Å². The Hall–Kier alpha value is -2.66. The minimum atomic E-state index is -0.522. The Morgan fingerprint density at radius 1 is 1.12 bits per heavy atom. The van der Waals surface area contributed by atoms with Crippen molar-refractivity contribution >= 4 is 39.6 Å². The standard InChI is InChI=1S/C21H18BrNO3/c1-13-7-9-17(10-8-13)23-14(2)19(21(25)26-3)18(20(23)24)12-15-5-4-6-16(22)11-15/h4-12H,1-3H3/b18-12-. The van der Waals surface area contributed by atoms with Crippen LogP contribution < -0.4 is 4.90 Å². The van der Waals surface area contributed by atoms with Crippen molar-refractivity contribution in [2.45, 2.75) is 13.8 Å². The number of methoxy groups -OCH3 is 1. The highest BCUT2D eigenvalue weighted by Gasteiger charge is 2.37. The minimum Gasteiger partial charge on any atom is -0.465 e. The Balaban J connectivity index is 2.13. The van der Waals surface area contributed by atoms with E-state index in [0.29, 0.717) is 11.3 Å². The van der Waals surface area contributed by atoms with Gasteiger partial charge in [0.2, 0.25) is 0 Å². The molecule has 0 spiro atoms. The first-order valence-corrected chi connectivity index (χ1v) is 8.89. The molecule has 2 aromatic rings. The van der Waals surface area contributed by atoms with Crippen molar-refractivity contribution in [3.05, 3.63) is 81.0 Å². The number of carbonyl (C=O) groups is 2. The van der Waals surface area contributed by atoms with Crippen molar-refractivity contribution in [1.29, 1.82) is 0 Å². The molecule has 132 valence electrons. The van der Waals surface area contributed by atoms with Gasteiger partial charge in [-0.1, -0.05) is 45.8 Å². The molecule has 1 aliphatic heterocycles. The average molecular weight is 412 g/mol. The summed E-state index contributed by atoms with van der Waals surface area (Å²) in [6, 6.07) is 15.2. The fourth-order valence-corrected chi connectivity index (χ4v) is 3.36. The summed E-state index contributed by atoms with van der Waals surface area (Å²) >= 11 is 3.42. The number of carbonyl (C=O) groups excluding carboxylic acids is 2. The van der Waals surface area contributed by atoms with Gasteiger partial charge < -0.3 is 4.74 Å². The molecular formula is C21H18BrNO3. The molecule has 2 aromatic carbocycles. The third-order valence-corrected chi connectivity index (χ3v) is 4.73. The molecule has 1 amide bonds. The van der Waals surface area contributed by atoms with Crippen LogP contribution in [0.5, 0.6) is 0 Å².